The second-order valence-corrected chi connectivity index (χ2v) is 8.40. The molecule has 0 unspecified atom stereocenters. The molecular weight excluding hydrogens is 499 g/mol. The van der Waals surface area contributed by atoms with E-state index in [-0.39, 0.29) is 22.5 Å². The van der Waals surface area contributed by atoms with Gasteiger partial charge in [-0.3, -0.25) is 9.59 Å². The zero-order valence-corrected chi connectivity index (χ0v) is 19.8. The predicted octanol–water partition coefficient (Wildman–Crippen LogP) is 6.89. The zero-order valence-electron chi connectivity index (χ0n) is 19.0. The topological polar surface area (TPSA) is 77.8 Å². The lowest BCUT2D eigenvalue weighted by atomic mass is 10.2. The van der Waals surface area contributed by atoms with Crippen LogP contribution in [0, 0.1) is 13.8 Å². The van der Waals surface area contributed by atoms with E-state index in [1.165, 1.54) is 24.3 Å². The molecule has 1 heterocycles. The van der Waals surface area contributed by atoms with Gasteiger partial charge in [-0.15, -0.1) is 0 Å². The molecule has 6 nitrogen and oxygen atoms in total. The molecule has 1 aromatic heterocycles. The van der Waals surface area contributed by atoms with E-state index in [2.05, 4.69) is 5.32 Å². The minimum Gasteiger partial charge on any atom is -0.484 e. The summed E-state index contributed by atoms with van der Waals surface area (Å²) < 4.78 is 57.0. The molecule has 0 saturated carbocycles. The Hall–Kier alpha value is -3.98. The van der Waals surface area contributed by atoms with Crippen molar-refractivity contribution in [2.24, 2.45) is 0 Å². The molecule has 0 fully saturated rings. The van der Waals surface area contributed by atoms with Gasteiger partial charge >= 0.3 is 6.18 Å². The smallest absolute Gasteiger partial charge is 0.453 e. The third-order valence-electron chi connectivity index (χ3n) is 5.12. The van der Waals surface area contributed by atoms with Gasteiger partial charge in [-0.25, -0.2) is 0 Å². The van der Waals surface area contributed by atoms with Crippen LogP contribution < -0.4 is 20.2 Å². The lowest BCUT2D eigenvalue weighted by Crippen LogP contribution is -2.20. The Bertz CT molecular complexity index is 1510. The fourth-order valence-electron chi connectivity index (χ4n) is 3.42. The van der Waals surface area contributed by atoms with Gasteiger partial charge in [0.25, 0.3) is 11.7 Å². The highest BCUT2D eigenvalue weighted by atomic mass is 35.5. The van der Waals surface area contributed by atoms with Crippen LogP contribution in [0.4, 0.5) is 18.9 Å². The van der Waals surface area contributed by atoms with E-state index in [0.717, 1.165) is 17.2 Å². The molecular formula is C26H19ClF3NO5. The SMILES string of the molecule is Cc1cccc(Oc2c(C(F)(F)F)oc3cc(OCC(=O)Nc4ccc(Cl)cc4C)ccc3c2=O)c1. The van der Waals surface area contributed by atoms with Gasteiger partial charge in [-0.05, 0) is 67.4 Å². The largest absolute Gasteiger partial charge is 0.484 e. The number of halogens is 4. The Morgan fingerprint density at radius 1 is 1.03 bits per heavy atom. The van der Waals surface area contributed by atoms with Crippen molar-refractivity contribution in [3.63, 3.8) is 0 Å². The Morgan fingerprint density at radius 2 is 1.81 bits per heavy atom. The average Bonchev–Trinajstić information content (AvgIpc) is 2.80. The van der Waals surface area contributed by atoms with Crippen molar-refractivity contribution in [3.8, 4) is 17.2 Å². The van der Waals surface area contributed by atoms with Crippen molar-refractivity contribution in [1.82, 2.24) is 0 Å². The van der Waals surface area contributed by atoms with Crippen LogP contribution in [0.25, 0.3) is 11.0 Å². The number of nitrogens with one attached hydrogen (secondary N) is 1. The van der Waals surface area contributed by atoms with E-state index in [9.17, 15) is 22.8 Å². The molecule has 3 aromatic carbocycles. The number of hydrogen-bond acceptors (Lipinski definition) is 5. The number of anilines is 1. The molecule has 36 heavy (non-hydrogen) atoms. The predicted molar refractivity (Wildman–Crippen MR) is 129 cm³/mol. The normalized spacial score (nSPS) is 11.4. The summed E-state index contributed by atoms with van der Waals surface area (Å²) in [4.78, 5) is 25.2. The highest BCUT2D eigenvalue weighted by Gasteiger charge is 2.40. The van der Waals surface area contributed by atoms with Crippen LogP contribution in [0.15, 0.2) is 69.9 Å². The number of aryl methyl sites for hydroxylation is 2. The monoisotopic (exact) mass is 517 g/mol. The number of ether oxygens (including phenoxy) is 2. The number of carbonyl (C=O) groups excluding carboxylic acids is 1. The van der Waals surface area contributed by atoms with E-state index in [1.807, 2.05) is 0 Å². The van der Waals surface area contributed by atoms with Gasteiger partial charge in [0.15, 0.2) is 6.61 Å². The Kier molecular flexibility index (Phi) is 6.94. The van der Waals surface area contributed by atoms with Crippen molar-refractivity contribution >= 4 is 34.2 Å². The van der Waals surface area contributed by atoms with Crippen LogP contribution in [-0.4, -0.2) is 12.5 Å². The zero-order chi connectivity index (χ0) is 26.0. The van der Waals surface area contributed by atoms with Crippen LogP contribution in [0.2, 0.25) is 5.02 Å². The van der Waals surface area contributed by atoms with Crippen LogP contribution in [0.1, 0.15) is 16.9 Å². The summed E-state index contributed by atoms with van der Waals surface area (Å²) in [7, 11) is 0. The lowest BCUT2D eigenvalue weighted by Gasteiger charge is -2.14. The van der Waals surface area contributed by atoms with Crippen LogP contribution >= 0.6 is 11.6 Å². The maximum atomic E-state index is 13.8. The average molecular weight is 518 g/mol. The van der Waals surface area contributed by atoms with Gasteiger partial charge in [-0.2, -0.15) is 13.2 Å². The van der Waals surface area contributed by atoms with Gasteiger partial charge in [0.2, 0.25) is 11.2 Å². The fraction of sp³-hybridized carbons (Fsp3) is 0.154. The van der Waals surface area contributed by atoms with Crippen molar-refractivity contribution in [3.05, 3.63) is 92.8 Å². The number of fused-ring (bicyclic) bond motifs is 1. The number of alkyl halides is 3. The summed E-state index contributed by atoms with van der Waals surface area (Å²) >= 11 is 5.90. The molecule has 4 aromatic rings. The lowest BCUT2D eigenvalue weighted by molar-refractivity contribution is -0.154. The molecule has 0 aliphatic carbocycles. The molecule has 0 spiro atoms. The van der Waals surface area contributed by atoms with Crippen LogP contribution in [0.5, 0.6) is 17.2 Å². The van der Waals surface area contributed by atoms with Crippen molar-refractivity contribution in [2.45, 2.75) is 20.0 Å². The summed E-state index contributed by atoms with van der Waals surface area (Å²) in [6.07, 6.45) is -5.00. The summed E-state index contributed by atoms with van der Waals surface area (Å²) in [5.41, 5.74) is 0.659. The molecule has 0 aliphatic rings. The number of benzene rings is 3. The van der Waals surface area contributed by atoms with Crippen molar-refractivity contribution in [1.29, 1.82) is 0 Å². The first-order valence-electron chi connectivity index (χ1n) is 10.6. The first-order chi connectivity index (χ1) is 17.0. The molecule has 0 aliphatic heterocycles. The maximum Gasteiger partial charge on any atom is 0.453 e. The quantitative estimate of drug-likeness (QED) is 0.301. The van der Waals surface area contributed by atoms with Gasteiger partial charge in [0.05, 0.1) is 5.39 Å². The number of hydrogen-bond donors (Lipinski definition) is 1. The molecule has 186 valence electrons. The Morgan fingerprint density at radius 3 is 2.50 bits per heavy atom. The molecule has 10 heteroatoms. The minimum absolute atomic E-state index is 0.0362. The number of carbonyl (C=O) groups is 1. The summed E-state index contributed by atoms with van der Waals surface area (Å²) in [5, 5.41) is 3.04. The van der Waals surface area contributed by atoms with Gasteiger partial charge in [-0.1, -0.05) is 23.7 Å². The molecule has 1 N–H and O–H groups in total. The molecule has 0 atom stereocenters. The third-order valence-corrected chi connectivity index (χ3v) is 5.36. The highest BCUT2D eigenvalue weighted by Crippen LogP contribution is 2.38. The summed E-state index contributed by atoms with van der Waals surface area (Å²) in [6.45, 7) is 3.07. The van der Waals surface area contributed by atoms with E-state index < -0.39 is 35.6 Å². The van der Waals surface area contributed by atoms with Gasteiger partial charge < -0.3 is 19.2 Å². The minimum atomic E-state index is -5.00. The maximum absolute atomic E-state index is 13.8. The second-order valence-electron chi connectivity index (χ2n) is 7.96. The number of amides is 1. The van der Waals surface area contributed by atoms with Gasteiger partial charge in [0.1, 0.15) is 17.1 Å². The molecule has 1 amide bonds. The Balaban J connectivity index is 1.60. The van der Waals surface area contributed by atoms with Crippen LogP contribution in [0.3, 0.4) is 0 Å². The first kappa shape index (κ1) is 25.1. The second kappa shape index (κ2) is 9.94. The Labute approximate surface area is 208 Å². The molecule has 4 rings (SSSR count). The fourth-order valence-corrected chi connectivity index (χ4v) is 3.65. The molecule has 0 saturated heterocycles. The van der Waals surface area contributed by atoms with E-state index >= 15 is 0 Å². The standard InChI is InChI=1S/C26H19ClF3NO5/c1-14-4-3-5-18(10-14)35-24-23(33)19-8-7-17(12-21(19)36-25(24)26(28,29)30)34-13-22(32)31-20-9-6-16(27)11-15(20)2/h3-12H,13H2,1-2H3,(H,31,32). The molecule has 0 bridgehead atoms. The highest BCUT2D eigenvalue weighted by molar-refractivity contribution is 6.30. The third kappa shape index (κ3) is 5.63. The van der Waals surface area contributed by atoms with Gasteiger partial charge in [0, 0.05) is 16.8 Å². The summed E-state index contributed by atoms with van der Waals surface area (Å²) in [5.74, 6) is -2.94. The number of rotatable bonds is 6. The summed E-state index contributed by atoms with van der Waals surface area (Å²) in [6, 6.07) is 14.9. The van der Waals surface area contributed by atoms with Crippen molar-refractivity contribution < 1.29 is 31.9 Å². The van der Waals surface area contributed by atoms with E-state index in [0.29, 0.717) is 10.7 Å². The first-order valence-corrected chi connectivity index (χ1v) is 11.0. The van der Waals surface area contributed by atoms with Crippen LogP contribution in [-0.2, 0) is 11.0 Å². The van der Waals surface area contributed by atoms with Crippen molar-refractivity contribution in [2.75, 3.05) is 11.9 Å². The van der Waals surface area contributed by atoms with E-state index in [4.69, 9.17) is 25.5 Å². The van der Waals surface area contributed by atoms with E-state index in [1.54, 1.807) is 44.2 Å². The molecule has 0 radical (unpaired) electrons.